The highest BCUT2D eigenvalue weighted by Gasteiger charge is 2.10. The summed E-state index contributed by atoms with van der Waals surface area (Å²) in [5.41, 5.74) is 12.6. The summed E-state index contributed by atoms with van der Waals surface area (Å²) < 4.78 is 4.54. The molecule has 4 nitrogen and oxygen atoms in total. The summed E-state index contributed by atoms with van der Waals surface area (Å²) in [6.45, 7) is 19.0. The summed E-state index contributed by atoms with van der Waals surface area (Å²) in [5.74, 6) is 0. The van der Waals surface area contributed by atoms with E-state index in [1.54, 1.807) is 0 Å². The van der Waals surface area contributed by atoms with E-state index in [0.717, 1.165) is 39.3 Å². The van der Waals surface area contributed by atoms with Crippen molar-refractivity contribution >= 4 is 35.7 Å². The molecule has 3 aromatic carbocycles. The fraction of sp³-hybridized carbons (Fsp3) is 0.273. The maximum atomic E-state index is 2.37. The van der Waals surface area contributed by atoms with Crippen molar-refractivity contribution in [1.29, 1.82) is 0 Å². The van der Waals surface area contributed by atoms with Crippen molar-refractivity contribution in [3.63, 3.8) is 0 Å². The van der Waals surface area contributed by atoms with Crippen LogP contribution in [0.2, 0.25) is 0 Å². The molecule has 50 heavy (non-hydrogen) atoms. The van der Waals surface area contributed by atoms with Crippen molar-refractivity contribution in [1.82, 2.24) is 0 Å². The number of rotatable bonds is 14. The van der Waals surface area contributed by atoms with E-state index >= 15 is 0 Å². The molecular formula is C44H52Br2N4. The van der Waals surface area contributed by atoms with Crippen LogP contribution >= 0.6 is 0 Å². The first-order valence-electron chi connectivity index (χ1n) is 17.5. The zero-order valence-electron chi connectivity index (χ0n) is 30.5. The lowest BCUT2D eigenvalue weighted by atomic mass is 10.1. The van der Waals surface area contributed by atoms with E-state index in [2.05, 4.69) is 194 Å². The van der Waals surface area contributed by atoms with Gasteiger partial charge in [0.1, 0.15) is 0 Å². The fourth-order valence-corrected chi connectivity index (χ4v) is 6.23. The number of nitrogens with zero attached hydrogens (tertiary/aromatic N) is 4. The Morgan fingerprint density at radius 1 is 0.460 bits per heavy atom. The van der Waals surface area contributed by atoms with Crippen LogP contribution in [0.15, 0.2) is 110 Å². The van der Waals surface area contributed by atoms with Crippen molar-refractivity contribution in [2.24, 2.45) is 0 Å². The van der Waals surface area contributed by atoms with Crippen molar-refractivity contribution in [2.75, 3.05) is 36.0 Å². The second-order valence-corrected chi connectivity index (χ2v) is 12.5. The standard InChI is InChI=1S/C44H52N4.2BrH/c1-7-47(8-2)43-23-17-37(18-24-43)15-21-41-27-29-45(31-35(41)5)33-39-11-13-40(14-12-39)34-46-30-28-42(36(6)32-46)22-16-38-19-25-44(26-20-38)48(9-3)10-4;;/h11-32H,7-10,33-34H2,1-6H3;2*1H/q+2;;/p-2. The smallest absolute Gasteiger partial charge is 0.173 e. The number of halogens is 2. The molecule has 2 aromatic heterocycles. The molecule has 0 atom stereocenters. The molecule has 5 rings (SSSR count). The second kappa shape index (κ2) is 20.0. The number of aryl methyl sites for hydroxylation is 2. The van der Waals surface area contributed by atoms with Crippen molar-refractivity contribution in [3.8, 4) is 0 Å². The SMILES string of the molecule is CCN(CC)c1ccc(/C=C/c2cc[n+](Cc3ccc(C[n+]4ccc(/C=C/c5ccc(N(CC)CC)cc5)c(C)c4)cc3)cc2C)cc1.[Br-].[Br-]. The van der Waals surface area contributed by atoms with Gasteiger partial charge in [-0.3, -0.25) is 0 Å². The van der Waals surface area contributed by atoms with E-state index < -0.39 is 0 Å². The van der Waals surface area contributed by atoms with Crippen LogP contribution in [0, 0.1) is 13.8 Å². The van der Waals surface area contributed by atoms with E-state index in [1.165, 1.54) is 55.9 Å². The molecule has 262 valence electrons. The van der Waals surface area contributed by atoms with E-state index in [1.807, 2.05) is 0 Å². The summed E-state index contributed by atoms with van der Waals surface area (Å²) in [5, 5.41) is 0. The Balaban J connectivity index is 0.00000338. The monoisotopic (exact) mass is 794 g/mol. The van der Waals surface area contributed by atoms with Crippen LogP contribution in [-0.2, 0) is 13.1 Å². The number of pyridine rings is 2. The second-order valence-electron chi connectivity index (χ2n) is 12.5. The third-order valence-corrected chi connectivity index (χ3v) is 9.23. The highest BCUT2D eigenvalue weighted by molar-refractivity contribution is 5.72. The lowest BCUT2D eigenvalue weighted by molar-refractivity contribution is -0.689. The van der Waals surface area contributed by atoms with Crippen molar-refractivity contribution in [2.45, 2.75) is 54.6 Å². The van der Waals surface area contributed by atoms with Crippen LogP contribution in [0.1, 0.15) is 72.2 Å². The molecule has 2 heterocycles. The predicted molar refractivity (Wildman–Crippen MR) is 205 cm³/mol. The largest absolute Gasteiger partial charge is 1.00 e. The highest BCUT2D eigenvalue weighted by atomic mass is 79.9. The Morgan fingerprint density at radius 3 is 1.10 bits per heavy atom. The lowest BCUT2D eigenvalue weighted by Gasteiger charge is -2.20. The van der Waals surface area contributed by atoms with Gasteiger partial charge in [-0.05, 0) is 88.1 Å². The van der Waals surface area contributed by atoms with Gasteiger partial charge in [0.15, 0.2) is 37.9 Å². The van der Waals surface area contributed by atoms with Gasteiger partial charge in [0.2, 0.25) is 0 Å². The number of anilines is 2. The minimum absolute atomic E-state index is 0. The first kappa shape index (κ1) is 40.4. The molecular weight excluding hydrogens is 744 g/mol. The maximum Gasteiger partial charge on any atom is 0.173 e. The quantitative estimate of drug-likeness (QED) is 0.161. The van der Waals surface area contributed by atoms with Crippen LogP contribution in [0.4, 0.5) is 11.4 Å². The normalized spacial score (nSPS) is 11.0. The number of hydrogen-bond acceptors (Lipinski definition) is 2. The van der Waals surface area contributed by atoms with Crippen molar-refractivity contribution in [3.05, 3.63) is 154 Å². The Kier molecular flexibility index (Phi) is 16.2. The molecule has 0 radical (unpaired) electrons. The third kappa shape index (κ3) is 11.0. The van der Waals surface area contributed by atoms with Crippen LogP contribution in [0.25, 0.3) is 24.3 Å². The highest BCUT2D eigenvalue weighted by Crippen LogP contribution is 2.19. The molecule has 0 aliphatic carbocycles. The van der Waals surface area contributed by atoms with Gasteiger partial charge in [-0.1, -0.05) is 72.8 Å². The summed E-state index contributed by atoms with van der Waals surface area (Å²) in [7, 11) is 0. The van der Waals surface area contributed by atoms with E-state index in [-0.39, 0.29) is 34.0 Å². The van der Waals surface area contributed by atoms with E-state index in [4.69, 9.17) is 0 Å². The van der Waals surface area contributed by atoms with Crippen molar-refractivity contribution < 1.29 is 43.1 Å². The summed E-state index contributed by atoms with van der Waals surface area (Å²) in [4.78, 5) is 4.74. The van der Waals surface area contributed by atoms with E-state index in [0.29, 0.717) is 0 Å². The molecule has 0 bridgehead atoms. The van der Waals surface area contributed by atoms with Gasteiger partial charge < -0.3 is 43.8 Å². The molecule has 0 unspecified atom stereocenters. The third-order valence-electron chi connectivity index (χ3n) is 9.23. The Hall–Kier alpha value is -4.00. The fourth-order valence-electron chi connectivity index (χ4n) is 6.23. The topological polar surface area (TPSA) is 14.2 Å². The molecule has 6 heteroatoms. The molecule has 0 aliphatic heterocycles. The first-order chi connectivity index (χ1) is 23.4. The molecule has 0 aliphatic rings. The van der Waals surface area contributed by atoms with Crippen LogP contribution in [0.5, 0.6) is 0 Å². The minimum atomic E-state index is 0. The maximum absolute atomic E-state index is 2.37. The molecule has 0 fully saturated rings. The summed E-state index contributed by atoms with van der Waals surface area (Å²) in [6, 6.07) is 31.1. The Morgan fingerprint density at radius 2 is 0.800 bits per heavy atom. The molecule has 0 spiro atoms. The number of aromatic nitrogens is 2. The summed E-state index contributed by atoms with van der Waals surface area (Å²) >= 11 is 0. The average Bonchev–Trinajstić information content (AvgIpc) is 3.10. The van der Waals surface area contributed by atoms with Gasteiger partial charge in [0, 0.05) is 71.9 Å². The van der Waals surface area contributed by atoms with Gasteiger partial charge >= 0.3 is 0 Å². The predicted octanol–water partition coefficient (Wildman–Crippen LogP) is 3.02. The Labute approximate surface area is 322 Å². The zero-order valence-corrected chi connectivity index (χ0v) is 33.7. The van der Waals surface area contributed by atoms with Crippen LogP contribution < -0.4 is 52.9 Å². The lowest BCUT2D eigenvalue weighted by Crippen LogP contribution is -3.00. The molecule has 0 amide bonds. The molecule has 0 saturated carbocycles. The molecule has 5 aromatic rings. The van der Waals surface area contributed by atoms with Gasteiger partial charge in [-0.25, -0.2) is 9.13 Å². The van der Waals surface area contributed by atoms with Gasteiger partial charge in [-0.2, -0.15) is 0 Å². The van der Waals surface area contributed by atoms with Crippen LogP contribution in [-0.4, -0.2) is 26.2 Å². The molecule has 0 saturated heterocycles. The number of hydrogen-bond donors (Lipinski definition) is 0. The average molecular weight is 797 g/mol. The van der Waals surface area contributed by atoms with Gasteiger partial charge in [0.25, 0.3) is 0 Å². The van der Waals surface area contributed by atoms with Gasteiger partial charge in [0.05, 0.1) is 0 Å². The van der Waals surface area contributed by atoms with Gasteiger partial charge in [-0.15, -0.1) is 0 Å². The first-order valence-corrected chi connectivity index (χ1v) is 17.5. The minimum Gasteiger partial charge on any atom is -1.00 e. The Bertz CT molecular complexity index is 1680. The summed E-state index contributed by atoms with van der Waals surface area (Å²) in [6.07, 6.45) is 17.7. The number of benzene rings is 3. The van der Waals surface area contributed by atoms with E-state index in [9.17, 15) is 0 Å². The van der Waals surface area contributed by atoms with Crippen LogP contribution in [0.3, 0.4) is 0 Å². The molecule has 0 N–H and O–H groups in total. The zero-order chi connectivity index (χ0) is 33.9.